The zero-order valence-corrected chi connectivity index (χ0v) is 25.2. The van der Waals surface area contributed by atoms with Gasteiger partial charge in [0, 0.05) is 31.1 Å². The maximum absolute atomic E-state index is 14.0. The molecular formula is C25H20Br2Cl4N2O4. The Balaban J connectivity index is 1.83. The zero-order valence-electron chi connectivity index (χ0n) is 19.1. The van der Waals surface area contributed by atoms with Gasteiger partial charge < -0.3 is 0 Å². The Morgan fingerprint density at radius 3 is 1.97 bits per heavy atom. The van der Waals surface area contributed by atoms with E-state index in [0.29, 0.717) is 22.9 Å². The number of fused-ring (bicyclic) bond motifs is 1. The molecule has 0 bridgehead atoms. The number of ketones is 1. The van der Waals surface area contributed by atoms with Gasteiger partial charge in [-0.2, -0.15) is 5.01 Å². The van der Waals surface area contributed by atoms with Gasteiger partial charge in [-0.1, -0.05) is 66.7 Å². The standard InChI is InChI=1S/C25H20Br2Cl4N2O4/c26-18-10-16-17(11-19(18)27)25(37)33(24(16)36)32(23(35)15-6-5-14(30)9-20(15)31)21(7-8-28)22(34)12-1-3-13(29)4-2-12/h1-6,9,16-19,21H,7-8,10-11H2/t16-,17+,18-,19-,21-/m0/s1. The summed E-state index contributed by atoms with van der Waals surface area (Å²) in [6.07, 6.45) is 0.780. The van der Waals surface area contributed by atoms with Crippen molar-refractivity contribution in [3.63, 3.8) is 0 Å². The molecule has 2 aromatic carbocycles. The van der Waals surface area contributed by atoms with Crippen molar-refractivity contribution in [2.45, 2.75) is 35.0 Å². The number of hydrazine groups is 1. The van der Waals surface area contributed by atoms with Crippen LogP contribution in [0.25, 0.3) is 0 Å². The normalized spacial score (nSPS) is 24.1. The molecule has 12 heteroatoms. The molecule has 0 N–H and O–H groups in total. The fraction of sp³-hybridized carbons (Fsp3) is 0.360. The summed E-state index contributed by atoms with van der Waals surface area (Å²) in [6.45, 7) is 0. The van der Waals surface area contributed by atoms with Gasteiger partial charge in [0.15, 0.2) is 5.78 Å². The molecule has 0 radical (unpaired) electrons. The van der Waals surface area contributed by atoms with Gasteiger partial charge in [-0.05, 0) is 61.7 Å². The molecule has 0 unspecified atom stereocenters. The second-order valence-corrected chi connectivity index (χ2v) is 12.9. The number of carbonyl (C=O) groups excluding carboxylic acids is 4. The summed E-state index contributed by atoms with van der Waals surface area (Å²) in [4.78, 5) is 55.1. The first kappa shape index (κ1) is 28.8. The second kappa shape index (κ2) is 11.9. The number of hydrogen-bond donors (Lipinski definition) is 0. The number of Topliss-reactive ketones (excluding diaryl/α,β-unsaturated/α-hetero) is 1. The lowest BCUT2D eigenvalue weighted by Gasteiger charge is -2.36. The molecule has 37 heavy (non-hydrogen) atoms. The number of nitrogens with zero attached hydrogens (tertiary/aromatic N) is 2. The van der Waals surface area contributed by atoms with E-state index in [1.807, 2.05) is 0 Å². The topological polar surface area (TPSA) is 74.8 Å². The molecule has 1 saturated heterocycles. The fourth-order valence-corrected chi connectivity index (χ4v) is 6.78. The molecule has 2 aliphatic rings. The molecule has 1 aliphatic heterocycles. The van der Waals surface area contributed by atoms with Gasteiger partial charge in [0.25, 0.3) is 17.7 Å². The highest BCUT2D eigenvalue weighted by molar-refractivity contribution is 9.12. The highest BCUT2D eigenvalue weighted by atomic mass is 79.9. The summed E-state index contributed by atoms with van der Waals surface area (Å²) in [5.41, 5.74) is 0.235. The third-order valence-electron chi connectivity index (χ3n) is 6.58. The Labute approximate surface area is 250 Å². The Bertz CT molecular complexity index is 1220. The van der Waals surface area contributed by atoms with Crippen LogP contribution in [-0.2, 0) is 9.59 Å². The van der Waals surface area contributed by atoms with Gasteiger partial charge in [0.05, 0.1) is 22.4 Å². The van der Waals surface area contributed by atoms with Crippen LogP contribution in [0, 0.1) is 11.8 Å². The lowest BCUT2D eigenvalue weighted by atomic mass is 9.81. The van der Waals surface area contributed by atoms with Crippen molar-refractivity contribution in [1.82, 2.24) is 10.0 Å². The molecule has 6 nitrogen and oxygen atoms in total. The van der Waals surface area contributed by atoms with E-state index in [1.54, 1.807) is 12.1 Å². The van der Waals surface area contributed by atoms with Gasteiger partial charge in [-0.3, -0.25) is 19.2 Å². The Morgan fingerprint density at radius 2 is 1.46 bits per heavy atom. The van der Waals surface area contributed by atoms with E-state index >= 15 is 0 Å². The number of alkyl halides is 3. The minimum absolute atomic E-state index is 0.0123. The lowest BCUT2D eigenvalue weighted by molar-refractivity contribution is -0.156. The summed E-state index contributed by atoms with van der Waals surface area (Å²) in [5.74, 6) is -3.65. The SMILES string of the molecule is O=C(c1ccc(Cl)cc1)[C@H](CCCl)N(C(=O)c1ccc(Cl)cc1Cl)N1C(=O)[C@H]2C[C@H](Br)[C@@H](Br)C[C@H]2C1=O. The average Bonchev–Trinajstić information content (AvgIpc) is 3.08. The van der Waals surface area contributed by atoms with Crippen LogP contribution in [0.5, 0.6) is 0 Å². The van der Waals surface area contributed by atoms with Crippen molar-refractivity contribution in [2.75, 3.05) is 5.88 Å². The molecule has 0 aromatic heterocycles. The van der Waals surface area contributed by atoms with Gasteiger partial charge in [-0.25, -0.2) is 5.01 Å². The van der Waals surface area contributed by atoms with E-state index in [9.17, 15) is 19.2 Å². The van der Waals surface area contributed by atoms with Crippen LogP contribution >= 0.6 is 78.3 Å². The number of benzene rings is 2. The molecular weight excluding hydrogens is 694 g/mol. The van der Waals surface area contributed by atoms with E-state index in [-0.39, 0.29) is 38.1 Å². The summed E-state index contributed by atoms with van der Waals surface area (Å²) < 4.78 is 0. The van der Waals surface area contributed by atoms with E-state index < -0.39 is 41.4 Å². The van der Waals surface area contributed by atoms with E-state index in [0.717, 1.165) is 10.0 Å². The van der Waals surface area contributed by atoms with Gasteiger partial charge in [0.2, 0.25) is 0 Å². The number of amides is 3. The molecule has 2 aromatic rings. The average molecular weight is 714 g/mol. The predicted molar refractivity (Wildman–Crippen MR) is 151 cm³/mol. The lowest BCUT2D eigenvalue weighted by Crippen LogP contribution is -2.57. The number of imide groups is 1. The first-order chi connectivity index (χ1) is 17.5. The largest absolute Gasteiger partial charge is 0.292 e. The third-order valence-corrected chi connectivity index (χ3v) is 10.3. The summed E-state index contributed by atoms with van der Waals surface area (Å²) in [7, 11) is 0. The second-order valence-electron chi connectivity index (χ2n) is 8.84. The maximum atomic E-state index is 14.0. The third kappa shape index (κ3) is 5.75. The summed E-state index contributed by atoms with van der Waals surface area (Å²) >= 11 is 31.6. The fourth-order valence-electron chi connectivity index (χ4n) is 4.72. The van der Waals surface area contributed by atoms with Crippen LogP contribution in [0.3, 0.4) is 0 Å². The van der Waals surface area contributed by atoms with Gasteiger partial charge in [0.1, 0.15) is 6.04 Å². The van der Waals surface area contributed by atoms with E-state index in [4.69, 9.17) is 46.4 Å². The van der Waals surface area contributed by atoms with Crippen molar-refractivity contribution in [3.05, 3.63) is 68.7 Å². The van der Waals surface area contributed by atoms with Crippen LogP contribution in [0.2, 0.25) is 15.1 Å². The van der Waals surface area contributed by atoms with Gasteiger partial charge >= 0.3 is 0 Å². The van der Waals surface area contributed by atoms with Crippen molar-refractivity contribution in [3.8, 4) is 0 Å². The van der Waals surface area contributed by atoms with Crippen molar-refractivity contribution in [1.29, 1.82) is 0 Å². The summed E-state index contributed by atoms with van der Waals surface area (Å²) in [5, 5.41) is 2.51. The Morgan fingerprint density at radius 1 is 0.919 bits per heavy atom. The molecule has 1 aliphatic carbocycles. The van der Waals surface area contributed by atoms with Crippen LogP contribution in [-0.4, -0.2) is 55.1 Å². The van der Waals surface area contributed by atoms with Crippen LogP contribution < -0.4 is 0 Å². The molecule has 5 atom stereocenters. The number of halogens is 6. The van der Waals surface area contributed by atoms with Gasteiger partial charge in [-0.15, -0.1) is 11.6 Å². The van der Waals surface area contributed by atoms with Crippen LogP contribution in [0.4, 0.5) is 0 Å². The first-order valence-corrected chi connectivity index (χ1v) is 14.8. The van der Waals surface area contributed by atoms with Crippen molar-refractivity contribution in [2.24, 2.45) is 11.8 Å². The van der Waals surface area contributed by atoms with Crippen molar-refractivity contribution >= 4 is 102 Å². The van der Waals surface area contributed by atoms with Crippen LogP contribution in [0.1, 0.15) is 40.0 Å². The van der Waals surface area contributed by atoms with E-state index in [1.165, 1.54) is 30.3 Å². The molecule has 2 fully saturated rings. The maximum Gasteiger partial charge on any atom is 0.275 e. The minimum atomic E-state index is -1.26. The molecule has 0 spiro atoms. The Kier molecular flexibility index (Phi) is 9.29. The molecule has 3 amide bonds. The summed E-state index contributed by atoms with van der Waals surface area (Å²) in [6, 6.07) is 9.10. The minimum Gasteiger partial charge on any atom is -0.292 e. The zero-order chi connectivity index (χ0) is 27.0. The first-order valence-electron chi connectivity index (χ1n) is 11.3. The quantitative estimate of drug-likeness (QED) is 0.180. The molecule has 1 saturated carbocycles. The Hall–Kier alpha value is -1.16. The predicted octanol–water partition coefficient (Wildman–Crippen LogP) is 6.81. The number of rotatable bonds is 7. The number of carbonyl (C=O) groups is 4. The molecule has 4 rings (SSSR count). The smallest absolute Gasteiger partial charge is 0.275 e. The van der Waals surface area contributed by atoms with Crippen LogP contribution in [0.15, 0.2) is 42.5 Å². The highest BCUT2D eigenvalue weighted by Crippen LogP contribution is 2.44. The van der Waals surface area contributed by atoms with Crippen molar-refractivity contribution < 1.29 is 19.2 Å². The van der Waals surface area contributed by atoms with E-state index in [2.05, 4.69) is 31.9 Å². The monoisotopic (exact) mass is 710 g/mol. The molecule has 196 valence electrons. The highest BCUT2D eigenvalue weighted by Gasteiger charge is 2.56. The number of hydrogen-bond acceptors (Lipinski definition) is 4. The molecule has 1 heterocycles.